The summed E-state index contributed by atoms with van der Waals surface area (Å²) in [6.07, 6.45) is 3.99. The number of piperidine rings is 1. The maximum absolute atomic E-state index is 12.7. The van der Waals surface area contributed by atoms with Crippen molar-refractivity contribution in [3.05, 3.63) is 60.2 Å². The molecule has 3 rings (SSSR count). The van der Waals surface area contributed by atoms with Crippen LogP contribution in [-0.4, -0.2) is 43.0 Å². The van der Waals surface area contributed by atoms with Crippen LogP contribution in [0.2, 0.25) is 0 Å². The molecule has 0 spiro atoms. The number of likely N-dealkylation sites (tertiary alicyclic amines) is 1. The number of anilines is 1. The molecule has 1 atom stereocenters. The van der Waals surface area contributed by atoms with Gasteiger partial charge in [-0.25, -0.2) is 0 Å². The SMILES string of the molecule is CC(C)CCN(CC1CCN(C(=O)C(N)CC(C)C)CC1)c1ccc(OCc2ccccc2)cc1. The van der Waals surface area contributed by atoms with E-state index in [1.807, 2.05) is 23.1 Å². The summed E-state index contributed by atoms with van der Waals surface area (Å²) < 4.78 is 5.99. The number of hydrogen-bond donors (Lipinski definition) is 1. The largest absolute Gasteiger partial charge is 0.489 e. The number of benzene rings is 2. The lowest BCUT2D eigenvalue weighted by Crippen LogP contribution is -2.48. The molecule has 2 aromatic carbocycles. The molecule has 1 amide bonds. The average Bonchev–Trinajstić information content (AvgIpc) is 2.85. The van der Waals surface area contributed by atoms with Gasteiger partial charge in [-0.1, -0.05) is 58.0 Å². The number of nitrogens with zero attached hydrogens (tertiary/aromatic N) is 2. The van der Waals surface area contributed by atoms with Crippen LogP contribution in [0.15, 0.2) is 54.6 Å². The van der Waals surface area contributed by atoms with Gasteiger partial charge in [-0.3, -0.25) is 4.79 Å². The molecule has 1 fully saturated rings. The van der Waals surface area contributed by atoms with E-state index in [0.29, 0.717) is 24.4 Å². The fourth-order valence-corrected chi connectivity index (χ4v) is 4.72. The third-order valence-electron chi connectivity index (χ3n) is 6.87. The van der Waals surface area contributed by atoms with E-state index < -0.39 is 0 Å². The standard InChI is InChI=1S/C30H45N3O2/c1-23(2)14-17-33(21-25-15-18-32(19-16-25)30(34)29(31)20-24(3)4)27-10-12-28(13-11-27)35-22-26-8-6-5-7-9-26/h5-13,23-25,29H,14-22,31H2,1-4H3. The number of rotatable bonds is 12. The summed E-state index contributed by atoms with van der Waals surface area (Å²) in [5.74, 6) is 2.71. The van der Waals surface area contributed by atoms with Crippen molar-refractivity contribution in [3.63, 3.8) is 0 Å². The Labute approximate surface area is 212 Å². The molecule has 1 unspecified atom stereocenters. The number of carbonyl (C=O) groups excluding carboxylic acids is 1. The minimum Gasteiger partial charge on any atom is -0.489 e. The van der Waals surface area contributed by atoms with Gasteiger partial charge in [0.05, 0.1) is 6.04 Å². The maximum Gasteiger partial charge on any atom is 0.239 e. The first-order chi connectivity index (χ1) is 16.8. The van der Waals surface area contributed by atoms with Crippen molar-refractivity contribution >= 4 is 11.6 Å². The lowest BCUT2D eigenvalue weighted by atomic mass is 9.94. The summed E-state index contributed by atoms with van der Waals surface area (Å²) in [6.45, 7) is 13.1. The fourth-order valence-electron chi connectivity index (χ4n) is 4.72. The Hall–Kier alpha value is -2.53. The number of carbonyl (C=O) groups is 1. The third kappa shape index (κ3) is 8.88. The van der Waals surface area contributed by atoms with E-state index >= 15 is 0 Å². The molecule has 5 nitrogen and oxygen atoms in total. The monoisotopic (exact) mass is 479 g/mol. The third-order valence-corrected chi connectivity index (χ3v) is 6.87. The minimum absolute atomic E-state index is 0.125. The fraction of sp³-hybridized carbons (Fsp3) is 0.567. The van der Waals surface area contributed by atoms with Gasteiger partial charge >= 0.3 is 0 Å². The van der Waals surface area contributed by atoms with Crippen LogP contribution in [0.4, 0.5) is 5.69 Å². The highest BCUT2D eigenvalue weighted by Crippen LogP contribution is 2.26. The quantitative estimate of drug-likeness (QED) is 0.422. The van der Waals surface area contributed by atoms with Gasteiger partial charge in [0, 0.05) is 31.9 Å². The molecule has 0 bridgehead atoms. The summed E-state index contributed by atoms with van der Waals surface area (Å²) in [5, 5.41) is 0. The molecule has 192 valence electrons. The molecule has 0 saturated carbocycles. The van der Waals surface area contributed by atoms with Crippen LogP contribution < -0.4 is 15.4 Å². The number of ether oxygens (including phenoxy) is 1. The molecule has 1 aliphatic heterocycles. The highest BCUT2D eigenvalue weighted by Gasteiger charge is 2.27. The zero-order chi connectivity index (χ0) is 25.2. The van der Waals surface area contributed by atoms with Crippen molar-refractivity contribution in [1.82, 2.24) is 4.90 Å². The Bertz CT molecular complexity index is 874. The highest BCUT2D eigenvalue weighted by atomic mass is 16.5. The predicted molar refractivity (Wildman–Crippen MR) is 146 cm³/mol. The lowest BCUT2D eigenvalue weighted by molar-refractivity contribution is -0.134. The minimum atomic E-state index is -0.364. The number of hydrogen-bond acceptors (Lipinski definition) is 4. The van der Waals surface area contributed by atoms with E-state index in [9.17, 15) is 4.79 Å². The van der Waals surface area contributed by atoms with E-state index in [-0.39, 0.29) is 11.9 Å². The normalized spacial score (nSPS) is 15.5. The van der Waals surface area contributed by atoms with Crippen molar-refractivity contribution in [3.8, 4) is 5.75 Å². The second-order valence-corrected chi connectivity index (χ2v) is 10.9. The summed E-state index contributed by atoms with van der Waals surface area (Å²) >= 11 is 0. The van der Waals surface area contributed by atoms with Crippen LogP contribution in [0.1, 0.15) is 58.9 Å². The van der Waals surface area contributed by atoms with Crippen LogP contribution >= 0.6 is 0 Å². The maximum atomic E-state index is 12.7. The molecule has 1 aliphatic rings. The zero-order valence-electron chi connectivity index (χ0n) is 22.2. The van der Waals surface area contributed by atoms with Crippen LogP contribution in [-0.2, 0) is 11.4 Å². The van der Waals surface area contributed by atoms with Gasteiger partial charge in [0.2, 0.25) is 5.91 Å². The Kier molecular flexibility index (Phi) is 10.5. The highest BCUT2D eigenvalue weighted by molar-refractivity contribution is 5.81. The first-order valence-corrected chi connectivity index (χ1v) is 13.4. The summed E-state index contributed by atoms with van der Waals surface area (Å²) in [4.78, 5) is 17.2. The van der Waals surface area contributed by atoms with E-state index in [1.165, 1.54) is 11.3 Å². The molecular formula is C30H45N3O2. The molecule has 0 radical (unpaired) electrons. The second kappa shape index (κ2) is 13.5. The lowest BCUT2D eigenvalue weighted by Gasteiger charge is -2.37. The van der Waals surface area contributed by atoms with Gasteiger partial charge in [0.1, 0.15) is 12.4 Å². The van der Waals surface area contributed by atoms with Crippen LogP contribution in [0.3, 0.4) is 0 Å². The smallest absolute Gasteiger partial charge is 0.239 e. The Morgan fingerprint density at radius 2 is 1.66 bits per heavy atom. The van der Waals surface area contributed by atoms with E-state index in [0.717, 1.165) is 57.6 Å². The molecule has 0 aromatic heterocycles. The summed E-state index contributed by atoms with van der Waals surface area (Å²) in [7, 11) is 0. The van der Waals surface area contributed by atoms with Crippen LogP contribution in [0.25, 0.3) is 0 Å². The molecule has 5 heteroatoms. The molecular weight excluding hydrogens is 434 g/mol. The predicted octanol–water partition coefficient (Wildman–Crippen LogP) is 5.73. The van der Waals surface area contributed by atoms with Gasteiger partial charge in [0.25, 0.3) is 0 Å². The van der Waals surface area contributed by atoms with Gasteiger partial charge in [-0.05, 0) is 73.3 Å². The Balaban J connectivity index is 1.55. The van der Waals surface area contributed by atoms with E-state index in [1.54, 1.807) is 0 Å². The topological polar surface area (TPSA) is 58.8 Å². The van der Waals surface area contributed by atoms with Crippen molar-refractivity contribution in [2.24, 2.45) is 23.5 Å². The molecule has 2 N–H and O–H groups in total. The van der Waals surface area contributed by atoms with Gasteiger partial charge in [-0.2, -0.15) is 0 Å². The first kappa shape index (κ1) is 27.1. The van der Waals surface area contributed by atoms with Gasteiger partial charge in [0.15, 0.2) is 0 Å². The first-order valence-electron chi connectivity index (χ1n) is 13.4. The number of nitrogens with two attached hydrogens (primary N) is 1. The van der Waals surface area contributed by atoms with Crippen molar-refractivity contribution in [1.29, 1.82) is 0 Å². The van der Waals surface area contributed by atoms with Crippen LogP contribution in [0.5, 0.6) is 5.75 Å². The molecule has 1 saturated heterocycles. The van der Waals surface area contributed by atoms with Gasteiger partial charge in [-0.15, -0.1) is 0 Å². The molecule has 0 aliphatic carbocycles. The molecule has 2 aromatic rings. The Morgan fingerprint density at radius 1 is 1.00 bits per heavy atom. The summed E-state index contributed by atoms with van der Waals surface area (Å²) in [5.41, 5.74) is 8.58. The van der Waals surface area contributed by atoms with E-state index in [4.69, 9.17) is 10.5 Å². The van der Waals surface area contributed by atoms with Crippen molar-refractivity contribution < 1.29 is 9.53 Å². The average molecular weight is 480 g/mol. The Morgan fingerprint density at radius 3 is 2.26 bits per heavy atom. The van der Waals surface area contributed by atoms with Crippen molar-refractivity contribution in [2.45, 2.75) is 66.0 Å². The van der Waals surface area contributed by atoms with Crippen molar-refractivity contribution in [2.75, 3.05) is 31.1 Å². The number of amides is 1. The zero-order valence-corrected chi connectivity index (χ0v) is 22.2. The van der Waals surface area contributed by atoms with E-state index in [2.05, 4.69) is 69.0 Å². The van der Waals surface area contributed by atoms with Gasteiger partial charge < -0.3 is 20.3 Å². The van der Waals surface area contributed by atoms with Crippen LogP contribution in [0, 0.1) is 17.8 Å². The molecule has 1 heterocycles. The summed E-state index contributed by atoms with van der Waals surface area (Å²) in [6, 6.07) is 18.4. The second-order valence-electron chi connectivity index (χ2n) is 10.9. The molecule has 35 heavy (non-hydrogen) atoms.